The number of fused-ring (bicyclic) bond motifs is 1. The van der Waals surface area contributed by atoms with Gasteiger partial charge in [-0.05, 0) is 24.3 Å². The van der Waals surface area contributed by atoms with E-state index in [-0.39, 0.29) is 0 Å². The molecule has 0 atom stereocenters. The van der Waals surface area contributed by atoms with Crippen LogP contribution in [-0.4, -0.2) is 28.6 Å². The SMILES string of the molecule is CN1CCN(S(=O)(=O)c2ccccc2)c2ccccc21. The van der Waals surface area contributed by atoms with Crippen molar-refractivity contribution < 1.29 is 8.42 Å². The molecule has 0 fully saturated rings. The molecular weight excluding hydrogens is 272 g/mol. The first-order chi connectivity index (χ1) is 9.60. The van der Waals surface area contributed by atoms with E-state index < -0.39 is 10.0 Å². The van der Waals surface area contributed by atoms with Crippen molar-refractivity contribution in [2.75, 3.05) is 29.3 Å². The van der Waals surface area contributed by atoms with E-state index in [1.807, 2.05) is 37.4 Å². The van der Waals surface area contributed by atoms with Crippen LogP contribution in [0.1, 0.15) is 0 Å². The fourth-order valence-electron chi connectivity index (χ4n) is 2.45. The summed E-state index contributed by atoms with van der Waals surface area (Å²) in [5.74, 6) is 0. The van der Waals surface area contributed by atoms with E-state index in [2.05, 4.69) is 4.90 Å². The Morgan fingerprint density at radius 3 is 2.15 bits per heavy atom. The molecule has 0 spiro atoms. The van der Waals surface area contributed by atoms with Crippen LogP contribution in [0.3, 0.4) is 0 Å². The highest BCUT2D eigenvalue weighted by Gasteiger charge is 2.30. The maximum atomic E-state index is 12.8. The van der Waals surface area contributed by atoms with Crippen molar-refractivity contribution in [1.82, 2.24) is 0 Å². The van der Waals surface area contributed by atoms with Crippen LogP contribution in [0.25, 0.3) is 0 Å². The zero-order chi connectivity index (χ0) is 14.2. The normalized spacial score (nSPS) is 15.1. The number of benzene rings is 2. The fraction of sp³-hybridized carbons (Fsp3) is 0.200. The summed E-state index contributed by atoms with van der Waals surface area (Å²) >= 11 is 0. The molecule has 0 bridgehead atoms. The monoisotopic (exact) mass is 288 g/mol. The molecule has 0 saturated heterocycles. The van der Waals surface area contributed by atoms with E-state index in [0.29, 0.717) is 18.0 Å². The predicted molar refractivity (Wildman–Crippen MR) is 80.7 cm³/mol. The van der Waals surface area contributed by atoms with Gasteiger partial charge in [0.05, 0.1) is 22.8 Å². The van der Waals surface area contributed by atoms with E-state index in [1.54, 1.807) is 24.3 Å². The molecule has 0 aliphatic carbocycles. The first-order valence-electron chi connectivity index (χ1n) is 6.48. The maximum absolute atomic E-state index is 12.8. The van der Waals surface area contributed by atoms with Crippen LogP contribution in [0.4, 0.5) is 11.4 Å². The third-order valence-corrected chi connectivity index (χ3v) is 5.36. The Kier molecular flexibility index (Phi) is 3.14. The molecule has 3 rings (SSSR count). The van der Waals surface area contributed by atoms with Crippen LogP contribution < -0.4 is 9.21 Å². The second-order valence-corrected chi connectivity index (χ2v) is 6.66. The van der Waals surface area contributed by atoms with Crippen LogP contribution in [-0.2, 0) is 10.0 Å². The first kappa shape index (κ1) is 13.0. The molecule has 0 radical (unpaired) electrons. The van der Waals surface area contributed by atoms with E-state index >= 15 is 0 Å². The van der Waals surface area contributed by atoms with Crippen molar-refractivity contribution in [3.63, 3.8) is 0 Å². The molecule has 0 N–H and O–H groups in total. The van der Waals surface area contributed by atoms with Gasteiger partial charge in [0.2, 0.25) is 0 Å². The minimum absolute atomic E-state index is 0.333. The van der Waals surface area contributed by atoms with Gasteiger partial charge in [-0.25, -0.2) is 8.42 Å². The quantitative estimate of drug-likeness (QED) is 0.851. The molecule has 0 saturated carbocycles. The number of rotatable bonds is 2. The molecule has 0 amide bonds. The largest absolute Gasteiger partial charge is 0.371 e. The topological polar surface area (TPSA) is 40.6 Å². The molecule has 0 unspecified atom stereocenters. The Labute approximate surface area is 119 Å². The van der Waals surface area contributed by atoms with Crippen LogP contribution in [0.5, 0.6) is 0 Å². The van der Waals surface area contributed by atoms with Crippen LogP contribution in [0.2, 0.25) is 0 Å². The fourth-order valence-corrected chi connectivity index (χ4v) is 3.94. The highest BCUT2D eigenvalue weighted by Crippen LogP contribution is 2.35. The molecule has 104 valence electrons. The highest BCUT2D eigenvalue weighted by atomic mass is 32.2. The van der Waals surface area contributed by atoms with E-state index in [1.165, 1.54) is 4.31 Å². The number of sulfonamides is 1. The number of hydrogen-bond donors (Lipinski definition) is 0. The molecular formula is C15H16N2O2S. The summed E-state index contributed by atoms with van der Waals surface area (Å²) in [6, 6.07) is 16.2. The summed E-state index contributed by atoms with van der Waals surface area (Å²) in [6.45, 7) is 1.15. The predicted octanol–water partition coefficient (Wildman–Crippen LogP) is 2.33. The Morgan fingerprint density at radius 2 is 1.45 bits per heavy atom. The van der Waals surface area contributed by atoms with Gasteiger partial charge in [0.25, 0.3) is 10.0 Å². The van der Waals surface area contributed by atoms with Crippen molar-refractivity contribution in [2.24, 2.45) is 0 Å². The van der Waals surface area contributed by atoms with Gasteiger partial charge >= 0.3 is 0 Å². The second kappa shape index (κ2) is 4.83. The van der Waals surface area contributed by atoms with Crippen LogP contribution in [0.15, 0.2) is 59.5 Å². The summed E-state index contributed by atoms with van der Waals surface area (Å²) in [5.41, 5.74) is 1.68. The molecule has 20 heavy (non-hydrogen) atoms. The van der Waals surface area contributed by atoms with Crippen molar-refractivity contribution in [3.05, 3.63) is 54.6 Å². The average molecular weight is 288 g/mol. The van der Waals surface area contributed by atoms with Gasteiger partial charge in [-0.3, -0.25) is 4.31 Å². The minimum atomic E-state index is -3.49. The average Bonchev–Trinajstić information content (AvgIpc) is 2.48. The van der Waals surface area contributed by atoms with Gasteiger partial charge in [-0.1, -0.05) is 30.3 Å². The molecule has 1 aliphatic heterocycles. The number of hydrogen-bond acceptors (Lipinski definition) is 3. The molecule has 2 aromatic carbocycles. The summed E-state index contributed by atoms with van der Waals surface area (Å²) in [6.07, 6.45) is 0. The van der Waals surface area contributed by atoms with Crippen molar-refractivity contribution >= 4 is 21.4 Å². The van der Waals surface area contributed by atoms with Gasteiger partial charge in [0.1, 0.15) is 0 Å². The second-order valence-electron chi connectivity index (χ2n) is 4.80. The van der Waals surface area contributed by atoms with Gasteiger partial charge in [0, 0.05) is 13.6 Å². The van der Waals surface area contributed by atoms with Gasteiger partial charge in [0.15, 0.2) is 0 Å². The zero-order valence-electron chi connectivity index (χ0n) is 11.2. The number of para-hydroxylation sites is 2. The maximum Gasteiger partial charge on any atom is 0.264 e. The van der Waals surface area contributed by atoms with E-state index in [9.17, 15) is 8.42 Å². The van der Waals surface area contributed by atoms with Crippen molar-refractivity contribution in [3.8, 4) is 0 Å². The van der Waals surface area contributed by atoms with Gasteiger partial charge < -0.3 is 4.90 Å². The van der Waals surface area contributed by atoms with Crippen molar-refractivity contribution in [2.45, 2.75) is 4.90 Å². The lowest BCUT2D eigenvalue weighted by atomic mass is 10.2. The summed E-state index contributed by atoms with van der Waals surface area (Å²) in [5, 5.41) is 0. The third-order valence-electron chi connectivity index (χ3n) is 3.53. The lowest BCUT2D eigenvalue weighted by Gasteiger charge is -2.36. The highest BCUT2D eigenvalue weighted by molar-refractivity contribution is 7.92. The van der Waals surface area contributed by atoms with E-state index in [4.69, 9.17) is 0 Å². The van der Waals surface area contributed by atoms with Gasteiger partial charge in [-0.2, -0.15) is 0 Å². The number of nitrogens with zero attached hydrogens (tertiary/aromatic N) is 2. The Hall–Kier alpha value is -2.01. The van der Waals surface area contributed by atoms with E-state index in [0.717, 1.165) is 11.4 Å². The number of anilines is 2. The first-order valence-corrected chi connectivity index (χ1v) is 7.93. The number of likely N-dealkylation sites (N-methyl/N-ethyl adjacent to an activating group) is 1. The smallest absolute Gasteiger partial charge is 0.264 e. The van der Waals surface area contributed by atoms with Crippen molar-refractivity contribution in [1.29, 1.82) is 0 Å². The van der Waals surface area contributed by atoms with Gasteiger partial charge in [-0.15, -0.1) is 0 Å². The summed E-state index contributed by atoms with van der Waals surface area (Å²) in [4.78, 5) is 2.41. The molecule has 0 aromatic heterocycles. The molecule has 1 aliphatic rings. The molecule has 5 heteroatoms. The minimum Gasteiger partial charge on any atom is -0.371 e. The lowest BCUT2D eigenvalue weighted by Crippen LogP contribution is -2.42. The third kappa shape index (κ3) is 2.04. The lowest BCUT2D eigenvalue weighted by molar-refractivity contribution is 0.589. The molecule has 4 nitrogen and oxygen atoms in total. The Bertz CT molecular complexity index is 714. The van der Waals surface area contributed by atoms with Crippen LogP contribution >= 0.6 is 0 Å². The molecule has 1 heterocycles. The van der Waals surface area contributed by atoms with Crippen LogP contribution in [0, 0.1) is 0 Å². The Morgan fingerprint density at radius 1 is 0.850 bits per heavy atom. The standard InChI is InChI=1S/C15H16N2O2S/c1-16-11-12-17(15-10-6-5-9-14(15)16)20(18,19)13-7-3-2-4-8-13/h2-10H,11-12H2,1H3. The summed E-state index contributed by atoms with van der Waals surface area (Å²) < 4.78 is 27.0. The zero-order valence-corrected chi connectivity index (χ0v) is 12.0. The Balaban J connectivity index is 2.10. The summed E-state index contributed by atoms with van der Waals surface area (Å²) in [7, 11) is -1.51. The molecule has 2 aromatic rings.